The number of para-hydroxylation sites is 1. The average Bonchev–Trinajstić information content (AvgIpc) is 3.34. The van der Waals surface area contributed by atoms with Gasteiger partial charge in [-0.1, -0.05) is 24.6 Å². The second-order valence-electron chi connectivity index (χ2n) is 8.19. The fourth-order valence-corrected chi connectivity index (χ4v) is 6.33. The van der Waals surface area contributed by atoms with E-state index in [2.05, 4.69) is 40.7 Å². The Morgan fingerprint density at radius 1 is 1.00 bits per heavy atom. The van der Waals surface area contributed by atoms with Crippen molar-refractivity contribution in [1.82, 2.24) is 13.9 Å². The first-order valence-electron chi connectivity index (χ1n) is 10.9. The molecule has 6 nitrogen and oxygen atoms in total. The zero-order valence-corrected chi connectivity index (χ0v) is 18.2. The molecule has 0 spiro atoms. The summed E-state index contributed by atoms with van der Waals surface area (Å²) < 4.78 is 30.0. The van der Waals surface area contributed by atoms with Gasteiger partial charge in [-0.05, 0) is 56.0 Å². The van der Waals surface area contributed by atoms with E-state index in [0.29, 0.717) is 18.0 Å². The number of hydrogen-bond donors (Lipinski definition) is 0. The van der Waals surface area contributed by atoms with E-state index in [9.17, 15) is 8.42 Å². The molecular formula is C23H28N4O2S. The van der Waals surface area contributed by atoms with E-state index in [1.165, 1.54) is 11.3 Å². The predicted molar refractivity (Wildman–Crippen MR) is 119 cm³/mol. The maximum absolute atomic E-state index is 13.1. The van der Waals surface area contributed by atoms with Gasteiger partial charge in [-0.3, -0.25) is 0 Å². The number of anilines is 1. The van der Waals surface area contributed by atoms with Gasteiger partial charge in [-0.25, -0.2) is 13.4 Å². The molecule has 0 bridgehead atoms. The molecule has 1 fully saturated rings. The van der Waals surface area contributed by atoms with Crippen LogP contribution in [0.15, 0.2) is 47.4 Å². The summed E-state index contributed by atoms with van der Waals surface area (Å²) in [6, 6.07) is 14.0. The first-order valence-corrected chi connectivity index (χ1v) is 12.3. The van der Waals surface area contributed by atoms with Crippen molar-refractivity contribution < 1.29 is 8.42 Å². The molecule has 30 heavy (non-hydrogen) atoms. The van der Waals surface area contributed by atoms with Crippen LogP contribution in [0.2, 0.25) is 0 Å². The fraction of sp³-hybridized carbons (Fsp3) is 0.435. The standard InChI is InChI=1S/C23H28N4O2S/c1-2-27-22-11-10-19(30(28,29)26-13-6-3-7-14-26)16-20(22)24-23(27)17-25-15-12-18-8-4-5-9-21(18)25/h4-5,8-11,16H,2-3,6-7,12-15,17H2,1H3. The number of aryl methyl sites for hydroxylation is 1. The molecule has 3 aromatic rings. The zero-order chi connectivity index (χ0) is 20.7. The molecule has 1 aromatic heterocycles. The Bertz CT molecular complexity index is 1180. The van der Waals surface area contributed by atoms with Crippen LogP contribution in [0.4, 0.5) is 5.69 Å². The Labute approximate surface area is 178 Å². The third kappa shape index (κ3) is 3.30. The summed E-state index contributed by atoms with van der Waals surface area (Å²) in [5.41, 5.74) is 4.42. The maximum atomic E-state index is 13.1. The maximum Gasteiger partial charge on any atom is 0.243 e. The molecule has 2 aliphatic heterocycles. The van der Waals surface area contributed by atoms with Gasteiger partial charge in [0, 0.05) is 31.9 Å². The number of rotatable bonds is 5. The Morgan fingerprint density at radius 2 is 1.80 bits per heavy atom. The highest BCUT2D eigenvalue weighted by Gasteiger charge is 2.27. The molecule has 3 heterocycles. The summed E-state index contributed by atoms with van der Waals surface area (Å²) >= 11 is 0. The van der Waals surface area contributed by atoms with Crippen molar-refractivity contribution in [3.05, 3.63) is 53.9 Å². The van der Waals surface area contributed by atoms with E-state index < -0.39 is 10.0 Å². The van der Waals surface area contributed by atoms with Crippen molar-refractivity contribution in [2.75, 3.05) is 24.5 Å². The lowest BCUT2D eigenvalue weighted by Gasteiger charge is -2.25. The molecule has 158 valence electrons. The normalized spacial score (nSPS) is 17.6. The third-order valence-electron chi connectivity index (χ3n) is 6.38. The Morgan fingerprint density at radius 3 is 2.60 bits per heavy atom. The molecule has 0 atom stereocenters. The summed E-state index contributed by atoms with van der Waals surface area (Å²) in [4.78, 5) is 7.60. The smallest absolute Gasteiger partial charge is 0.243 e. The third-order valence-corrected chi connectivity index (χ3v) is 8.28. The topological polar surface area (TPSA) is 58.4 Å². The van der Waals surface area contributed by atoms with E-state index in [4.69, 9.17) is 4.98 Å². The quantitative estimate of drug-likeness (QED) is 0.625. The SMILES string of the molecule is CCn1c(CN2CCc3ccccc32)nc2cc(S(=O)(=O)N3CCCCC3)ccc21. The largest absolute Gasteiger partial charge is 0.363 e. The lowest BCUT2D eigenvalue weighted by Crippen LogP contribution is -2.35. The monoisotopic (exact) mass is 424 g/mol. The molecule has 7 heteroatoms. The molecule has 0 N–H and O–H groups in total. The van der Waals surface area contributed by atoms with E-state index in [-0.39, 0.29) is 0 Å². The fourth-order valence-electron chi connectivity index (χ4n) is 4.79. The van der Waals surface area contributed by atoms with E-state index >= 15 is 0 Å². The van der Waals surface area contributed by atoms with Gasteiger partial charge in [0.05, 0.1) is 22.5 Å². The van der Waals surface area contributed by atoms with Crippen molar-refractivity contribution in [1.29, 1.82) is 0 Å². The number of hydrogen-bond acceptors (Lipinski definition) is 4. The number of imidazole rings is 1. The highest BCUT2D eigenvalue weighted by molar-refractivity contribution is 7.89. The molecule has 2 aromatic carbocycles. The molecule has 0 amide bonds. The first-order chi connectivity index (χ1) is 14.6. The zero-order valence-electron chi connectivity index (χ0n) is 17.4. The molecule has 0 radical (unpaired) electrons. The second-order valence-corrected chi connectivity index (χ2v) is 10.1. The molecular weight excluding hydrogens is 396 g/mol. The summed E-state index contributed by atoms with van der Waals surface area (Å²) in [5.74, 6) is 0.983. The number of piperidine rings is 1. The molecule has 0 saturated carbocycles. The summed E-state index contributed by atoms with van der Waals surface area (Å²) in [6.45, 7) is 5.86. The van der Waals surface area contributed by atoms with Gasteiger partial charge in [0.1, 0.15) is 5.82 Å². The van der Waals surface area contributed by atoms with Gasteiger partial charge in [-0.2, -0.15) is 4.31 Å². The van der Waals surface area contributed by atoms with Crippen LogP contribution in [0.25, 0.3) is 11.0 Å². The van der Waals surface area contributed by atoms with E-state index in [1.54, 1.807) is 16.4 Å². The van der Waals surface area contributed by atoms with Crippen molar-refractivity contribution >= 4 is 26.7 Å². The van der Waals surface area contributed by atoms with Crippen LogP contribution >= 0.6 is 0 Å². The van der Waals surface area contributed by atoms with Gasteiger partial charge in [0.15, 0.2) is 0 Å². The van der Waals surface area contributed by atoms with Crippen molar-refractivity contribution in [2.24, 2.45) is 0 Å². The Kier molecular flexibility index (Phi) is 5.03. The minimum Gasteiger partial charge on any atom is -0.363 e. The lowest BCUT2D eigenvalue weighted by molar-refractivity contribution is 0.346. The molecule has 0 unspecified atom stereocenters. The molecule has 0 aliphatic carbocycles. The van der Waals surface area contributed by atoms with Crippen LogP contribution in [0, 0.1) is 0 Å². The molecule has 5 rings (SSSR count). The number of aromatic nitrogens is 2. The Hall–Kier alpha value is -2.38. The van der Waals surface area contributed by atoms with E-state index in [1.807, 2.05) is 6.07 Å². The average molecular weight is 425 g/mol. The van der Waals surface area contributed by atoms with Crippen LogP contribution in [0.3, 0.4) is 0 Å². The summed E-state index contributed by atoms with van der Waals surface area (Å²) in [5, 5.41) is 0. The van der Waals surface area contributed by atoms with Gasteiger partial charge in [-0.15, -0.1) is 0 Å². The molecule has 1 saturated heterocycles. The van der Waals surface area contributed by atoms with Gasteiger partial charge < -0.3 is 9.47 Å². The number of fused-ring (bicyclic) bond motifs is 2. The van der Waals surface area contributed by atoms with Gasteiger partial charge in [0.25, 0.3) is 0 Å². The number of benzene rings is 2. The van der Waals surface area contributed by atoms with Gasteiger partial charge >= 0.3 is 0 Å². The van der Waals surface area contributed by atoms with Crippen LogP contribution in [-0.2, 0) is 29.5 Å². The van der Waals surface area contributed by atoms with Crippen molar-refractivity contribution in [3.63, 3.8) is 0 Å². The lowest BCUT2D eigenvalue weighted by atomic mass is 10.2. The van der Waals surface area contributed by atoms with Crippen LogP contribution in [-0.4, -0.2) is 41.9 Å². The number of nitrogens with zero attached hydrogens (tertiary/aromatic N) is 4. The summed E-state index contributed by atoms with van der Waals surface area (Å²) in [7, 11) is -3.45. The van der Waals surface area contributed by atoms with Crippen LogP contribution < -0.4 is 4.90 Å². The van der Waals surface area contributed by atoms with Gasteiger partial charge in [0.2, 0.25) is 10.0 Å². The number of sulfonamides is 1. The van der Waals surface area contributed by atoms with Crippen LogP contribution in [0.5, 0.6) is 0 Å². The minimum atomic E-state index is -3.45. The highest BCUT2D eigenvalue weighted by atomic mass is 32.2. The minimum absolute atomic E-state index is 0.357. The molecule has 2 aliphatic rings. The predicted octanol–water partition coefficient (Wildman–Crippen LogP) is 3.79. The second kappa shape index (κ2) is 7.71. The summed E-state index contributed by atoms with van der Waals surface area (Å²) in [6.07, 6.45) is 4.04. The van der Waals surface area contributed by atoms with E-state index in [0.717, 1.165) is 62.2 Å². The Balaban J connectivity index is 1.49. The first kappa shape index (κ1) is 19.6. The van der Waals surface area contributed by atoms with Crippen molar-refractivity contribution in [3.8, 4) is 0 Å². The van der Waals surface area contributed by atoms with Crippen molar-refractivity contribution in [2.45, 2.75) is 50.6 Å². The highest BCUT2D eigenvalue weighted by Crippen LogP contribution is 2.30. The van der Waals surface area contributed by atoms with Crippen LogP contribution in [0.1, 0.15) is 37.6 Å².